The summed E-state index contributed by atoms with van der Waals surface area (Å²) in [6.07, 6.45) is 14.4. The lowest BCUT2D eigenvalue weighted by Gasteiger charge is -2.17. The number of nitrogens with one attached hydrogen (secondary N) is 2. The van der Waals surface area contributed by atoms with Crippen molar-refractivity contribution in [3.05, 3.63) is 101 Å². The van der Waals surface area contributed by atoms with Crippen LogP contribution in [0.25, 0.3) is 44.5 Å². The van der Waals surface area contributed by atoms with E-state index in [0.717, 1.165) is 85.4 Å². The van der Waals surface area contributed by atoms with Crippen LogP contribution in [0.5, 0.6) is 11.8 Å². The number of oxazole rings is 2. The number of ketones is 2. The standard InChI is InChI=1S/C26H28N4O4S.C26H36N4O3/c1-3-18(31)10-5-4-6-12-21(29-24(32)23-15-27-16-35-23)26-28-14-22(34-26)19-13-17-9-7-8-11-20(17)30-25(19)33-2;1-5-20(31)12-7-6-8-14-23(27-15-16-30(2)3)26-28-18-24(33-26)21-17-19-11-9-10-13-22(19)29-25(21)32-4/h7-9,11,13-16,21H,3-6,10,12H2,1-2H3,(H,29,32);9-11,13,17-18,23,27H,5-8,12,14-16H2,1-4H3/t21-;23-/m00/s1. The van der Waals surface area contributed by atoms with Crippen LogP contribution in [0.4, 0.5) is 0 Å². The molecule has 5 aromatic heterocycles. The van der Waals surface area contributed by atoms with Gasteiger partial charge in [-0.1, -0.05) is 75.9 Å². The second-order valence-electron chi connectivity index (χ2n) is 16.8. The van der Waals surface area contributed by atoms with E-state index >= 15 is 0 Å². The van der Waals surface area contributed by atoms with Gasteiger partial charge in [0.15, 0.2) is 11.5 Å². The van der Waals surface area contributed by atoms with Crippen LogP contribution in [0.2, 0.25) is 0 Å². The molecule has 0 aliphatic rings. The minimum absolute atomic E-state index is 0.0139. The first-order valence-electron chi connectivity index (χ1n) is 23.5. The normalized spacial score (nSPS) is 12.2. The highest BCUT2D eigenvalue weighted by molar-refractivity contribution is 7.11. The summed E-state index contributed by atoms with van der Waals surface area (Å²) in [5.41, 5.74) is 4.80. The predicted molar refractivity (Wildman–Crippen MR) is 266 cm³/mol. The molecule has 7 aromatic rings. The second kappa shape index (κ2) is 26.3. The fourth-order valence-corrected chi connectivity index (χ4v) is 8.17. The number of hydrogen-bond donors (Lipinski definition) is 2. The number of rotatable bonds is 26. The Morgan fingerprint density at radius 2 is 1.21 bits per heavy atom. The highest BCUT2D eigenvalue weighted by atomic mass is 32.1. The van der Waals surface area contributed by atoms with Crippen LogP contribution in [-0.4, -0.2) is 88.7 Å². The summed E-state index contributed by atoms with van der Waals surface area (Å²) in [5.74, 6) is 3.60. The average Bonchev–Trinajstić information content (AvgIpc) is 4.19. The molecule has 68 heavy (non-hydrogen) atoms. The lowest BCUT2D eigenvalue weighted by molar-refractivity contribution is -0.119. The quantitative estimate of drug-likeness (QED) is 0.0488. The van der Waals surface area contributed by atoms with Crippen molar-refractivity contribution in [3.63, 3.8) is 0 Å². The molecule has 7 rings (SSSR count). The number of thiazole rings is 1. The molecule has 0 aliphatic heterocycles. The summed E-state index contributed by atoms with van der Waals surface area (Å²) in [6, 6.07) is 19.3. The maximum Gasteiger partial charge on any atom is 0.263 e. The molecule has 0 unspecified atom stereocenters. The van der Waals surface area contributed by atoms with Gasteiger partial charge >= 0.3 is 0 Å². The molecule has 360 valence electrons. The highest BCUT2D eigenvalue weighted by Crippen LogP contribution is 2.35. The van der Waals surface area contributed by atoms with Crippen molar-refractivity contribution in [3.8, 4) is 34.4 Å². The van der Waals surface area contributed by atoms with Crippen LogP contribution in [0, 0.1) is 0 Å². The predicted octanol–water partition coefficient (Wildman–Crippen LogP) is 10.8. The third-order valence-corrected chi connectivity index (χ3v) is 12.3. The number of fused-ring (bicyclic) bond motifs is 2. The van der Waals surface area contributed by atoms with Gasteiger partial charge in [0.1, 0.15) is 22.5 Å². The molecule has 0 bridgehead atoms. The third-order valence-electron chi connectivity index (χ3n) is 11.5. The molecule has 2 aromatic carbocycles. The minimum Gasteiger partial charge on any atom is -0.480 e. The number of unbranched alkanes of at least 4 members (excludes halogenated alkanes) is 4. The number of likely N-dealkylation sites (N-methyl/N-ethyl adjacent to an activating group) is 1. The molecule has 0 fully saturated rings. The largest absolute Gasteiger partial charge is 0.480 e. The van der Waals surface area contributed by atoms with Gasteiger partial charge in [-0.15, -0.1) is 11.3 Å². The third kappa shape index (κ3) is 14.6. The van der Waals surface area contributed by atoms with E-state index in [0.29, 0.717) is 83.4 Å². The zero-order chi connectivity index (χ0) is 48.3. The first-order chi connectivity index (χ1) is 33.1. The van der Waals surface area contributed by atoms with Gasteiger partial charge < -0.3 is 33.8 Å². The molecule has 1 amide bonds. The van der Waals surface area contributed by atoms with Crippen LogP contribution >= 0.6 is 11.3 Å². The Kier molecular flexibility index (Phi) is 19.7. The van der Waals surface area contributed by atoms with E-state index < -0.39 is 6.04 Å². The molecule has 0 saturated heterocycles. The Morgan fingerprint density at radius 3 is 1.69 bits per heavy atom. The monoisotopic (exact) mass is 944 g/mol. The number of carbonyl (C=O) groups is 3. The molecule has 0 saturated carbocycles. The lowest BCUT2D eigenvalue weighted by Crippen LogP contribution is -2.30. The molecule has 0 spiro atoms. The van der Waals surface area contributed by atoms with Crippen molar-refractivity contribution in [2.75, 3.05) is 41.4 Å². The first kappa shape index (κ1) is 51.0. The number of nitrogens with zero attached hydrogens (tertiary/aromatic N) is 6. The molecular formula is C52H64N8O7S. The Labute approximate surface area is 402 Å². The van der Waals surface area contributed by atoms with Gasteiger partial charge in [0.05, 0.1) is 66.5 Å². The van der Waals surface area contributed by atoms with Gasteiger partial charge in [0, 0.05) is 49.5 Å². The van der Waals surface area contributed by atoms with Gasteiger partial charge in [0.2, 0.25) is 23.5 Å². The van der Waals surface area contributed by atoms with E-state index in [9.17, 15) is 14.4 Å². The zero-order valence-corrected chi connectivity index (χ0v) is 40.9. The number of hydrogen-bond acceptors (Lipinski definition) is 15. The number of ether oxygens (including phenoxy) is 2. The smallest absolute Gasteiger partial charge is 0.263 e. The summed E-state index contributed by atoms with van der Waals surface area (Å²) in [6.45, 7) is 5.57. The van der Waals surface area contributed by atoms with Gasteiger partial charge in [-0.25, -0.2) is 19.9 Å². The Morgan fingerprint density at radius 1 is 0.691 bits per heavy atom. The van der Waals surface area contributed by atoms with E-state index in [1.807, 2.05) is 74.5 Å². The van der Waals surface area contributed by atoms with Crippen molar-refractivity contribution in [2.45, 2.75) is 103 Å². The average molecular weight is 945 g/mol. The van der Waals surface area contributed by atoms with E-state index in [2.05, 4.69) is 54.5 Å². The number of aromatic nitrogens is 5. The summed E-state index contributed by atoms with van der Waals surface area (Å²) in [7, 11) is 7.30. The fourth-order valence-electron chi connectivity index (χ4n) is 7.65. The molecule has 16 heteroatoms. The van der Waals surface area contributed by atoms with Crippen molar-refractivity contribution in [2.24, 2.45) is 0 Å². The number of carbonyl (C=O) groups excluding carboxylic acids is 3. The van der Waals surface area contributed by atoms with E-state index in [1.54, 1.807) is 38.3 Å². The molecule has 0 aliphatic carbocycles. The highest BCUT2D eigenvalue weighted by Gasteiger charge is 2.24. The van der Waals surface area contributed by atoms with Gasteiger partial charge in [0.25, 0.3) is 5.91 Å². The van der Waals surface area contributed by atoms with Crippen LogP contribution in [0.15, 0.2) is 93.6 Å². The van der Waals surface area contributed by atoms with E-state index in [-0.39, 0.29) is 17.7 Å². The Hall–Kier alpha value is -6.36. The molecule has 15 nitrogen and oxygen atoms in total. The molecule has 5 heterocycles. The summed E-state index contributed by atoms with van der Waals surface area (Å²) in [4.78, 5) is 60.8. The van der Waals surface area contributed by atoms with Crippen molar-refractivity contribution in [1.29, 1.82) is 0 Å². The Balaban J connectivity index is 0.000000224. The summed E-state index contributed by atoms with van der Waals surface area (Å²) >= 11 is 1.28. The fraction of sp³-hybridized carbons (Fsp3) is 0.423. The molecular weight excluding hydrogens is 881 g/mol. The molecule has 2 atom stereocenters. The van der Waals surface area contributed by atoms with Crippen LogP contribution in [0.1, 0.15) is 124 Å². The molecule has 2 N–H and O–H groups in total. The Bertz CT molecular complexity index is 2680. The minimum atomic E-state index is -0.417. The number of para-hydroxylation sites is 2. The number of pyridine rings is 2. The van der Waals surface area contributed by atoms with E-state index in [4.69, 9.17) is 18.3 Å². The van der Waals surface area contributed by atoms with E-state index in [1.165, 1.54) is 11.3 Å². The zero-order valence-electron chi connectivity index (χ0n) is 40.1. The summed E-state index contributed by atoms with van der Waals surface area (Å²) < 4.78 is 23.4. The van der Waals surface area contributed by atoms with Crippen molar-refractivity contribution < 1.29 is 32.7 Å². The topological polar surface area (TPSA) is 188 Å². The number of benzene rings is 2. The number of Topliss-reactive ketones (excluding diaryl/α,β-unsaturated/α-hetero) is 2. The van der Waals surface area contributed by atoms with Crippen LogP contribution < -0.4 is 20.1 Å². The number of amides is 1. The van der Waals surface area contributed by atoms with Gasteiger partial charge in [-0.3, -0.25) is 19.4 Å². The number of methoxy groups -OCH3 is 2. The van der Waals surface area contributed by atoms with Crippen molar-refractivity contribution in [1.82, 2.24) is 40.5 Å². The van der Waals surface area contributed by atoms with Crippen LogP contribution in [0.3, 0.4) is 0 Å². The maximum atomic E-state index is 12.7. The SMILES string of the molecule is CCC(=O)CCCCC[C@H](NC(=O)c1cncs1)c1ncc(-c2cc3ccccc3nc2OC)o1.CCC(=O)CCCCC[C@H](NCCN(C)C)c1ncc(-c2cc3ccccc3nc2OC)o1. The molecule has 0 radical (unpaired) electrons. The second-order valence-corrected chi connectivity index (χ2v) is 17.7. The van der Waals surface area contributed by atoms with Gasteiger partial charge in [-0.2, -0.15) is 0 Å². The summed E-state index contributed by atoms with van der Waals surface area (Å²) in [5, 5.41) is 8.60. The van der Waals surface area contributed by atoms with Crippen LogP contribution in [-0.2, 0) is 9.59 Å². The van der Waals surface area contributed by atoms with Gasteiger partial charge in [-0.05, 0) is 64.0 Å². The maximum absolute atomic E-state index is 12.7. The van der Waals surface area contributed by atoms with Crippen molar-refractivity contribution >= 4 is 50.6 Å². The lowest BCUT2D eigenvalue weighted by atomic mass is 10.0. The first-order valence-corrected chi connectivity index (χ1v) is 24.4.